The van der Waals surface area contributed by atoms with Gasteiger partial charge >= 0.3 is 0 Å². The number of allylic oxidation sites excluding steroid dienone is 2. The highest BCUT2D eigenvalue weighted by Crippen LogP contribution is 2.57. The number of fused-ring (bicyclic) bond motifs is 2. The highest BCUT2D eigenvalue weighted by Gasteiger charge is 2.58. The number of hydrogen-bond donors (Lipinski definition) is 3. The molecule has 4 N–H and O–H groups in total. The first-order valence-electron chi connectivity index (χ1n) is 9.05. The number of nitrogens with one attached hydrogen (secondary N) is 2. The van der Waals surface area contributed by atoms with Gasteiger partial charge in [0, 0.05) is 30.3 Å². The quantitative estimate of drug-likeness (QED) is 0.753. The van der Waals surface area contributed by atoms with Crippen LogP contribution in [0.3, 0.4) is 0 Å². The molecule has 2 aliphatic carbocycles. The minimum Gasteiger partial charge on any atom is -0.384 e. The lowest BCUT2D eigenvalue weighted by Crippen LogP contribution is -2.55. The molecule has 26 heavy (non-hydrogen) atoms. The molecule has 2 aliphatic heterocycles. The second kappa shape index (κ2) is 5.09. The zero-order valence-corrected chi connectivity index (χ0v) is 14.7. The standard InChI is InChI=1S/C19H22N6O/c1-12-6-13(24-17-7-16(20)21-11-22-17)10-25-14(12)9-23-19(25)5-4-18(2-3-18)15(26)8-19/h6-7,9-11,23H,2-5,8H2,1H3,(H3,20,21,22,24). The summed E-state index contributed by atoms with van der Waals surface area (Å²) in [5.74, 6) is 1.48. The Morgan fingerprint density at radius 1 is 1.27 bits per heavy atom. The number of aromatic nitrogens is 2. The van der Waals surface area contributed by atoms with Crippen molar-refractivity contribution in [3.8, 4) is 0 Å². The van der Waals surface area contributed by atoms with E-state index in [0.717, 1.165) is 42.7 Å². The Labute approximate surface area is 152 Å². The normalized spacial score (nSPS) is 28.3. The van der Waals surface area contributed by atoms with Crippen molar-refractivity contribution >= 4 is 17.4 Å². The van der Waals surface area contributed by atoms with Gasteiger partial charge in [-0.05, 0) is 44.3 Å². The van der Waals surface area contributed by atoms with Crippen LogP contribution in [0.1, 0.15) is 39.0 Å². The number of carbonyl (C=O) groups excluding carboxylic acids is 1. The first-order chi connectivity index (χ1) is 12.5. The molecule has 0 aromatic carbocycles. The molecule has 0 bridgehead atoms. The van der Waals surface area contributed by atoms with Gasteiger partial charge in [0.15, 0.2) is 0 Å². The van der Waals surface area contributed by atoms with Gasteiger partial charge < -0.3 is 21.3 Å². The van der Waals surface area contributed by atoms with Crippen LogP contribution in [0.2, 0.25) is 0 Å². The zero-order chi connectivity index (χ0) is 17.9. The lowest BCUT2D eigenvalue weighted by Gasteiger charge is -2.45. The van der Waals surface area contributed by atoms with Crippen molar-refractivity contribution in [3.63, 3.8) is 0 Å². The Balaban J connectivity index is 1.44. The van der Waals surface area contributed by atoms with Crippen molar-refractivity contribution in [3.05, 3.63) is 47.8 Å². The zero-order valence-electron chi connectivity index (χ0n) is 14.7. The molecule has 7 heteroatoms. The summed E-state index contributed by atoms with van der Waals surface area (Å²) in [7, 11) is 0. The van der Waals surface area contributed by atoms with E-state index in [0.29, 0.717) is 23.8 Å². The van der Waals surface area contributed by atoms with Crippen LogP contribution in [0.15, 0.2) is 47.8 Å². The minimum absolute atomic E-state index is 0.000363. The molecule has 0 amide bonds. The Kier molecular flexibility index (Phi) is 3.02. The molecule has 0 saturated heterocycles. The summed E-state index contributed by atoms with van der Waals surface area (Å²) in [4.78, 5) is 23.1. The fourth-order valence-electron chi connectivity index (χ4n) is 4.35. The molecule has 2 spiro atoms. The number of Topliss-reactive ketones (excluding diaryl/α,β-unsaturated/α-hetero) is 1. The Hall–Kier alpha value is -2.83. The van der Waals surface area contributed by atoms with Crippen LogP contribution >= 0.6 is 0 Å². The van der Waals surface area contributed by atoms with Gasteiger partial charge in [0.05, 0.1) is 11.4 Å². The van der Waals surface area contributed by atoms with Crippen LogP contribution in [-0.4, -0.2) is 26.3 Å². The summed E-state index contributed by atoms with van der Waals surface area (Å²) in [6.45, 7) is 2.08. The average molecular weight is 350 g/mol. The maximum atomic E-state index is 12.7. The first kappa shape index (κ1) is 15.4. The summed E-state index contributed by atoms with van der Waals surface area (Å²) < 4.78 is 0. The van der Waals surface area contributed by atoms with E-state index in [2.05, 4.69) is 44.7 Å². The summed E-state index contributed by atoms with van der Waals surface area (Å²) in [5, 5.41) is 6.82. The van der Waals surface area contributed by atoms with Gasteiger partial charge in [-0.15, -0.1) is 0 Å². The second-order valence-corrected chi connectivity index (χ2v) is 7.82. The van der Waals surface area contributed by atoms with E-state index in [4.69, 9.17) is 5.73 Å². The molecule has 134 valence electrons. The Bertz CT molecular complexity index is 897. The molecule has 2 fully saturated rings. The van der Waals surface area contributed by atoms with Crippen molar-refractivity contribution < 1.29 is 4.79 Å². The van der Waals surface area contributed by atoms with Gasteiger partial charge in [0.25, 0.3) is 0 Å². The van der Waals surface area contributed by atoms with Crippen molar-refractivity contribution in [1.82, 2.24) is 20.2 Å². The first-order valence-corrected chi connectivity index (χ1v) is 9.05. The van der Waals surface area contributed by atoms with E-state index in [1.54, 1.807) is 6.07 Å². The summed E-state index contributed by atoms with van der Waals surface area (Å²) in [6, 6.07) is 1.70. The van der Waals surface area contributed by atoms with Crippen molar-refractivity contribution in [2.24, 2.45) is 5.41 Å². The maximum Gasteiger partial charge on any atom is 0.143 e. The predicted octanol–water partition coefficient (Wildman–Crippen LogP) is 2.25. The smallest absolute Gasteiger partial charge is 0.143 e. The van der Waals surface area contributed by atoms with Crippen LogP contribution in [0.5, 0.6) is 0 Å². The van der Waals surface area contributed by atoms with Crippen LogP contribution in [-0.2, 0) is 4.79 Å². The van der Waals surface area contributed by atoms with Crippen LogP contribution in [0, 0.1) is 5.41 Å². The number of nitrogens with two attached hydrogens (primary N) is 1. The van der Waals surface area contributed by atoms with E-state index < -0.39 is 0 Å². The maximum absolute atomic E-state index is 12.7. The number of nitrogen functional groups attached to an aromatic ring is 1. The van der Waals surface area contributed by atoms with Gasteiger partial charge in [-0.2, -0.15) is 0 Å². The Morgan fingerprint density at radius 2 is 2.08 bits per heavy atom. The molecule has 2 saturated carbocycles. The van der Waals surface area contributed by atoms with E-state index in [1.807, 2.05) is 6.20 Å². The third kappa shape index (κ3) is 2.23. The third-order valence-corrected chi connectivity index (χ3v) is 6.12. The highest BCUT2D eigenvalue weighted by molar-refractivity contribution is 5.89. The molecular weight excluding hydrogens is 328 g/mol. The van der Waals surface area contributed by atoms with Gasteiger partial charge in [-0.1, -0.05) is 0 Å². The number of ketones is 1. The molecular formula is C19H22N6O. The molecule has 1 aromatic rings. The molecule has 1 unspecified atom stereocenters. The molecule has 7 nitrogen and oxygen atoms in total. The molecule has 3 heterocycles. The fourth-order valence-corrected chi connectivity index (χ4v) is 4.35. The number of anilines is 2. The molecule has 1 atom stereocenters. The number of hydrogen-bond acceptors (Lipinski definition) is 7. The van der Waals surface area contributed by atoms with Crippen molar-refractivity contribution in [1.29, 1.82) is 0 Å². The van der Waals surface area contributed by atoms with Gasteiger partial charge in [-0.3, -0.25) is 4.79 Å². The average Bonchev–Trinajstić information content (AvgIpc) is 3.31. The molecule has 0 radical (unpaired) electrons. The SMILES string of the molecule is CC1=CC(Nc2cc(N)ncn2)=CN2C1=CNC21CCC2(CC2)C(=O)C1. The second-order valence-electron chi connectivity index (χ2n) is 7.82. The number of carbonyl (C=O) groups is 1. The predicted molar refractivity (Wildman–Crippen MR) is 98.2 cm³/mol. The summed E-state index contributed by atoms with van der Waals surface area (Å²) >= 11 is 0. The Morgan fingerprint density at radius 3 is 2.81 bits per heavy atom. The van der Waals surface area contributed by atoms with Gasteiger partial charge in [-0.25, -0.2) is 9.97 Å². The third-order valence-electron chi connectivity index (χ3n) is 6.12. The van der Waals surface area contributed by atoms with E-state index in [1.165, 1.54) is 6.33 Å². The van der Waals surface area contributed by atoms with Crippen LogP contribution in [0.25, 0.3) is 0 Å². The monoisotopic (exact) mass is 350 g/mol. The molecule has 4 aliphatic rings. The lowest BCUT2D eigenvalue weighted by atomic mass is 9.77. The van der Waals surface area contributed by atoms with E-state index in [9.17, 15) is 4.79 Å². The minimum atomic E-state index is -0.340. The fraction of sp³-hybridized carbons (Fsp3) is 0.421. The van der Waals surface area contributed by atoms with Crippen molar-refractivity contribution in [2.45, 2.75) is 44.7 Å². The van der Waals surface area contributed by atoms with E-state index >= 15 is 0 Å². The summed E-state index contributed by atoms with van der Waals surface area (Å²) in [5.41, 5.74) is 8.58. The highest BCUT2D eigenvalue weighted by atomic mass is 16.1. The van der Waals surface area contributed by atoms with E-state index in [-0.39, 0.29) is 11.1 Å². The molecule has 1 aromatic heterocycles. The number of rotatable bonds is 2. The van der Waals surface area contributed by atoms with Gasteiger partial charge in [0.2, 0.25) is 0 Å². The van der Waals surface area contributed by atoms with Crippen LogP contribution in [0.4, 0.5) is 11.6 Å². The molecule has 5 rings (SSSR count). The number of nitrogens with zero attached hydrogens (tertiary/aromatic N) is 3. The van der Waals surface area contributed by atoms with Gasteiger partial charge in [0.1, 0.15) is 29.4 Å². The lowest BCUT2D eigenvalue weighted by molar-refractivity contribution is -0.130. The largest absolute Gasteiger partial charge is 0.384 e. The van der Waals surface area contributed by atoms with Crippen molar-refractivity contribution in [2.75, 3.05) is 11.1 Å². The summed E-state index contributed by atoms with van der Waals surface area (Å²) in [6.07, 6.45) is 12.2. The topological polar surface area (TPSA) is 96.2 Å². The van der Waals surface area contributed by atoms with Crippen LogP contribution < -0.4 is 16.4 Å².